The topological polar surface area (TPSA) is 75.5 Å². The zero-order chi connectivity index (χ0) is 18.0. The highest BCUT2D eigenvalue weighted by atomic mass is 79.9. The molecule has 130 valence electrons. The summed E-state index contributed by atoms with van der Waals surface area (Å²) in [5, 5.41) is 14.2. The van der Waals surface area contributed by atoms with Crippen LogP contribution in [0.4, 0.5) is 17.1 Å². The zero-order valence-electron chi connectivity index (χ0n) is 13.8. The SMILES string of the molecule is Cc1ccc(NC(=O)c2ccc(N3CCCC3)c([N+](=O)[O-])c2)cc1Br. The molecule has 25 heavy (non-hydrogen) atoms. The molecule has 1 saturated heterocycles. The van der Waals surface area contributed by atoms with Crippen LogP contribution in [0.1, 0.15) is 28.8 Å². The summed E-state index contributed by atoms with van der Waals surface area (Å²) in [6, 6.07) is 10.2. The van der Waals surface area contributed by atoms with E-state index < -0.39 is 4.92 Å². The molecule has 6 nitrogen and oxygen atoms in total. The maximum absolute atomic E-state index is 12.5. The number of nitro groups is 1. The van der Waals surface area contributed by atoms with Gasteiger partial charge in [-0.15, -0.1) is 0 Å². The van der Waals surface area contributed by atoms with Crippen molar-refractivity contribution in [2.75, 3.05) is 23.3 Å². The van der Waals surface area contributed by atoms with Gasteiger partial charge in [0.2, 0.25) is 0 Å². The van der Waals surface area contributed by atoms with E-state index in [1.807, 2.05) is 17.9 Å². The summed E-state index contributed by atoms with van der Waals surface area (Å²) in [6.07, 6.45) is 2.06. The molecular formula is C18H18BrN3O3. The zero-order valence-corrected chi connectivity index (χ0v) is 15.4. The Morgan fingerprint density at radius 3 is 2.56 bits per heavy atom. The molecule has 7 heteroatoms. The molecule has 1 fully saturated rings. The van der Waals surface area contributed by atoms with Crippen molar-refractivity contribution in [2.45, 2.75) is 19.8 Å². The second kappa shape index (κ2) is 7.23. The Morgan fingerprint density at radius 2 is 1.92 bits per heavy atom. The molecule has 3 rings (SSSR count). The van der Waals surface area contributed by atoms with E-state index in [1.54, 1.807) is 24.3 Å². The quantitative estimate of drug-likeness (QED) is 0.601. The van der Waals surface area contributed by atoms with Gasteiger partial charge in [-0.2, -0.15) is 0 Å². The van der Waals surface area contributed by atoms with Crippen LogP contribution in [0.3, 0.4) is 0 Å². The van der Waals surface area contributed by atoms with Gasteiger partial charge in [-0.1, -0.05) is 22.0 Å². The monoisotopic (exact) mass is 403 g/mol. The second-order valence-electron chi connectivity index (χ2n) is 6.07. The van der Waals surface area contributed by atoms with E-state index >= 15 is 0 Å². The van der Waals surface area contributed by atoms with Crippen LogP contribution in [-0.4, -0.2) is 23.9 Å². The van der Waals surface area contributed by atoms with Crippen LogP contribution in [0.25, 0.3) is 0 Å². The van der Waals surface area contributed by atoms with Gasteiger partial charge >= 0.3 is 0 Å². The van der Waals surface area contributed by atoms with E-state index in [4.69, 9.17) is 0 Å². The van der Waals surface area contributed by atoms with Crippen LogP contribution in [-0.2, 0) is 0 Å². The summed E-state index contributed by atoms with van der Waals surface area (Å²) < 4.78 is 0.890. The van der Waals surface area contributed by atoms with Crippen molar-refractivity contribution < 1.29 is 9.72 Å². The van der Waals surface area contributed by atoms with Crippen LogP contribution in [0.5, 0.6) is 0 Å². The lowest BCUT2D eigenvalue weighted by atomic mass is 10.1. The smallest absolute Gasteiger partial charge is 0.293 e. The van der Waals surface area contributed by atoms with Crippen LogP contribution >= 0.6 is 15.9 Å². The lowest BCUT2D eigenvalue weighted by Gasteiger charge is -2.17. The Hall–Kier alpha value is -2.41. The minimum Gasteiger partial charge on any atom is -0.366 e. The number of aryl methyl sites for hydroxylation is 1. The summed E-state index contributed by atoms with van der Waals surface area (Å²) >= 11 is 3.42. The minimum absolute atomic E-state index is 0.0281. The van der Waals surface area contributed by atoms with Crippen molar-refractivity contribution >= 4 is 38.9 Å². The largest absolute Gasteiger partial charge is 0.366 e. The number of hydrogen-bond acceptors (Lipinski definition) is 4. The third-order valence-corrected chi connectivity index (χ3v) is 5.17. The molecule has 2 aromatic carbocycles. The minimum atomic E-state index is -0.424. The maximum atomic E-state index is 12.5. The number of nitro benzene ring substituents is 1. The highest BCUT2D eigenvalue weighted by Gasteiger charge is 2.23. The van der Waals surface area contributed by atoms with Gasteiger partial charge < -0.3 is 10.2 Å². The molecule has 1 amide bonds. The van der Waals surface area contributed by atoms with Gasteiger partial charge in [0.1, 0.15) is 5.69 Å². The highest BCUT2D eigenvalue weighted by molar-refractivity contribution is 9.10. The van der Waals surface area contributed by atoms with Gasteiger partial charge in [0, 0.05) is 34.9 Å². The van der Waals surface area contributed by atoms with Crippen LogP contribution in [0.2, 0.25) is 0 Å². The average molecular weight is 404 g/mol. The van der Waals surface area contributed by atoms with E-state index in [9.17, 15) is 14.9 Å². The molecule has 2 aromatic rings. The first-order valence-electron chi connectivity index (χ1n) is 8.06. The first-order valence-corrected chi connectivity index (χ1v) is 8.86. The van der Waals surface area contributed by atoms with Crippen molar-refractivity contribution in [1.82, 2.24) is 0 Å². The molecule has 0 radical (unpaired) electrons. The van der Waals surface area contributed by atoms with Crippen molar-refractivity contribution in [2.24, 2.45) is 0 Å². The van der Waals surface area contributed by atoms with Crippen molar-refractivity contribution in [3.63, 3.8) is 0 Å². The number of halogens is 1. The summed E-state index contributed by atoms with van der Waals surface area (Å²) in [4.78, 5) is 25.5. The predicted molar refractivity (Wildman–Crippen MR) is 101 cm³/mol. The molecule has 1 aliphatic rings. The third kappa shape index (κ3) is 3.82. The number of nitrogens with zero attached hydrogens (tertiary/aromatic N) is 2. The number of carbonyl (C=O) groups excluding carboxylic acids is 1. The van der Waals surface area contributed by atoms with Crippen LogP contribution in [0, 0.1) is 17.0 Å². The molecule has 0 bridgehead atoms. The number of hydrogen-bond donors (Lipinski definition) is 1. The van der Waals surface area contributed by atoms with Crippen LogP contribution in [0.15, 0.2) is 40.9 Å². The van der Waals surface area contributed by atoms with Gasteiger partial charge in [0.05, 0.1) is 4.92 Å². The Balaban J connectivity index is 1.86. The molecule has 0 unspecified atom stereocenters. The molecule has 0 spiro atoms. The highest BCUT2D eigenvalue weighted by Crippen LogP contribution is 2.32. The second-order valence-corrected chi connectivity index (χ2v) is 6.93. The van der Waals surface area contributed by atoms with E-state index in [0.29, 0.717) is 11.4 Å². The van der Waals surface area contributed by atoms with Crippen molar-refractivity contribution in [3.8, 4) is 0 Å². The predicted octanol–water partition coefficient (Wildman–Crippen LogP) is 4.52. The molecule has 0 aromatic heterocycles. The van der Waals surface area contributed by atoms with Gasteiger partial charge in [-0.25, -0.2) is 0 Å². The van der Waals surface area contributed by atoms with Crippen molar-refractivity contribution in [3.05, 3.63) is 62.1 Å². The normalized spacial score (nSPS) is 13.8. The van der Waals surface area contributed by atoms with E-state index in [1.165, 1.54) is 6.07 Å². The summed E-state index contributed by atoms with van der Waals surface area (Å²) in [5.74, 6) is -0.369. The van der Waals surface area contributed by atoms with Gasteiger partial charge in [-0.3, -0.25) is 14.9 Å². The molecule has 0 saturated carbocycles. The molecule has 0 aliphatic carbocycles. The number of carbonyl (C=O) groups is 1. The molecule has 1 N–H and O–H groups in total. The van der Waals surface area contributed by atoms with E-state index in [2.05, 4.69) is 21.2 Å². The van der Waals surface area contributed by atoms with Gasteiger partial charge in [-0.05, 0) is 49.6 Å². The fraction of sp³-hybridized carbons (Fsp3) is 0.278. The van der Waals surface area contributed by atoms with Gasteiger partial charge in [0.15, 0.2) is 0 Å². The summed E-state index contributed by atoms with van der Waals surface area (Å²) in [5.41, 5.74) is 2.51. The summed E-state index contributed by atoms with van der Waals surface area (Å²) in [7, 11) is 0. The number of nitrogens with one attached hydrogen (secondary N) is 1. The first-order chi connectivity index (χ1) is 12.0. The number of amides is 1. The molecule has 1 aliphatic heterocycles. The van der Waals surface area contributed by atoms with E-state index in [-0.39, 0.29) is 17.2 Å². The molecule has 0 atom stereocenters. The number of anilines is 2. The van der Waals surface area contributed by atoms with Crippen LogP contribution < -0.4 is 10.2 Å². The standard InChI is InChI=1S/C18H18BrN3O3/c1-12-4-6-14(11-15(12)19)20-18(23)13-5-7-16(17(10-13)22(24)25)21-8-2-3-9-21/h4-7,10-11H,2-3,8-9H2,1H3,(H,20,23). The maximum Gasteiger partial charge on any atom is 0.293 e. The third-order valence-electron chi connectivity index (χ3n) is 4.31. The fourth-order valence-corrected chi connectivity index (χ4v) is 3.29. The number of rotatable bonds is 4. The van der Waals surface area contributed by atoms with E-state index in [0.717, 1.165) is 36.0 Å². The average Bonchev–Trinajstić information content (AvgIpc) is 3.12. The molecular weight excluding hydrogens is 386 g/mol. The van der Waals surface area contributed by atoms with Crippen molar-refractivity contribution in [1.29, 1.82) is 0 Å². The fourth-order valence-electron chi connectivity index (χ4n) is 2.91. The van der Waals surface area contributed by atoms with Gasteiger partial charge in [0.25, 0.3) is 11.6 Å². The Labute approximate surface area is 154 Å². The Kier molecular flexibility index (Phi) is 5.03. The number of benzene rings is 2. The lowest BCUT2D eigenvalue weighted by Crippen LogP contribution is -2.19. The molecule has 1 heterocycles. The lowest BCUT2D eigenvalue weighted by molar-refractivity contribution is -0.384. The Morgan fingerprint density at radius 1 is 1.20 bits per heavy atom. The Bertz CT molecular complexity index is 832. The first kappa shape index (κ1) is 17.4. The summed E-state index contributed by atoms with van der Waals surface area (Å²) in [6.45, 7) is 3.57.